The van der Waals surface area contributed by atoms with Crippen molar-refractivity contribution < 1.29 is 19.1 Å². The highest BCUT2D eigenvalue weighted by atomic mass is 16.5. The molecule has 0 radical (unpaired) electrons. The van der Waals surface area contributed by atoms with E-state index in [1.165, 1.54) is 7.11 Å². The van der Waals surface area contributed by atoms with Crippen LogP contribution in [0.3, 0.4) is 0 Å². The second-order valence-corrected chi connectivity index (χ2v) is 6.61. The van der Waals surface area contributed by atoms with Gasteiger partial charge in [0, 0.05) is 5.56 Å². The molecular weight excluding hydrogens is 330 g/mol. The van der Waals surface area contributed by atoms with E-state index in [9.17, 15) is 9.59 Å². The van der Waals surface area contributed by atoms with E-state index in [4.69, 9.17) is 9.47 Å². The number of esters is 1. The van der Waals surface area contributed by atoms with Crippen molar-refractivity contribution in [1.29, 1.82) is 0 Å². The summed E-state index contributed by atoms with van der Waals surface area (Å²) in [6.07, 6.45) is 1.70. The quantitative estimate of drug-likeness (QED) is 0.854. The molecule has 1 amide bonds. The third-order valence-corrected chi connectivity index (χ3v) is 4.94. The highest BCUT2D eigenvalue weighted by molar-refractivity contribution is 5.96. The van der Waals surface area contributed by atoms with Gasteiger partial charge in [-0.2, -0.15) is 0 Å². The Bertz CT molecular complexity index is 873. The number of aryl methyl sites for hydroxylation is 3. The Balaban J connectivity index is 1.85. The minimum absolute atomic E-state index is 0.107. The number of fused-ring (bicyclic) bond motifs is 1. The van der Waals surface area contributed by atoms with Crippen LogP contribution in [-0.4, -0.2) is 26.1 Å². The molecule has 26 heavy (non-hydrogen) atoms. The van der Waals surface area contributed by atoms with Gasteiger partial charge in [0.2, 0.25) is 0 Å². The molecule has 3 rings (SSSR count). The lowest BCUT2D eigenvalue weighted by atomic mass is 10.0. The molecule has 1 N–H and O–H groups in total. The van der Waals surface area contributed by atoms with Crippen LogP contribution in [-0.2, 0) is 11.2 Å². The van der Waals surface area contributed by atoms with Gasteiger partial charge in [-0.1, -0.05) is 6.07 Å². The van der Waals surface area contributed by atoms with Gasteiger partial charge in [-0.25, -0.2) is 4.79 Å². The minimum Gasteiger partial charge on any atom is -0.496 e. The fraction of sp³-hybridized carbons (Fsp3) is 0.333. The second-order valence-electron chi connectivity index (χ2n) is 6.61. The standard InChI is InChI=1S/C21H23NO4/c1-12-10-19(25-3)13(2)9-16(12)20(23)22-18-8-7-14-5-6-15(11-17(14)18)21(24)26-4/h5-6,9-11,18H,7-8H2,1-4H3,(H,22,23). The SMILES string of the molecule is COC(=O)c1ccc2c(c1)C(NC(=O)c1cc(C)c(OC)cc1C)CC2. The average molecular weight is 353 g/mol. The molecule has 136 valence electrons. The molecule has 2 aromatic carbocycles. The highest BCUT2D eigenvalue weighted by Crippen LogP contribution is 2.32. The maximum atomic E-state index is 12.8. The van der Waals surface area contributed by atoms with Crippen LogP contribution in [0, 0.1) is 13.8 Å². The number of rotatable bonds is 4. The Hall–Kier alpha value is -2.82. The van der Waals surface area contributed by atoms with E-state index in [-0.39, 0.29) is 17.9 Å². The highest BCUT2D eigenvalue weighted by Gasteiger charge is 2.26. The Kier molecular flexibility index (Phi) is 4.98. The molecule has 0 aromatic heterocycles. The fourth-order valence-corrected chi connectivity index (χ4v) is 3.49. The van der Waals surface area contributed by atoms with E-state index in [0.29, 0.717) is 11.1 Å². The van der Waals surface area contributed by atoms with Gasteiger partial charge in [-0.3, -0.25) is 4.79 Å². The number of ether oxygens (including phenoxy) is 2. The van der Waals surface area contributed by atoms with Crippen LogP contribution in [0.25, 0.3) is 0 Å². The van der Waals surface area contributed by atoms with E-state index < -0.39 is 0 Å². The van der Waals surface area contributed by atoms with Crippen molar-refractivity contribution in [2.24, 2.45) is 0 Å². The van der Waals surface area contributed by atoms with Gasteiger partial charge in [0.1, 0.15) is 5.75 Å². The van der Waals surface area contributed by atoms with Crippen molar-refractivity contribution in [2.45, 2.75) is 32.7 Å². The van der Waals surface area contributed by atoms with Crippen molar-refractivity contribution in [1.82, 2.24) is 5.32 Å². The summed E-state index contributed by atoms with van der Waals surface area (Å²) in [5.74, 6) is 0.286. The summed E-state index contributed by atoms with van der Waals surface area (Å²) in [4.78, 5) is 24.6. The summed E-state index contributed by atoms with van der Waals surface area (Å²) in [7, 11) is 2.99. The van der Waals surface area contributed by atoms with E-state index in [1.54, 1.807) is 13.2 Å². The number of carbonyl (C=O) groups is 2. The van der Waals surface area contributed by atoms with Crippen molar-refractivity contribution in [3.05, 3.63) is 63.7 Å². The number of carbonyl (C=O) groups excluding carboxylic acids is 2. The molecule has 2 aromatic rings. The third-order valence-electron chi connectivity index (χ3n) is 4.94. The van der Waals surface area contributed by atoms with Gasteiger partial charge in [-0.15, -0.1) is 0 Å². The largest absolute Gasteiger partial charge is 0.496 e. The molecule has 1 aliphatic rings. The Morgan fingerprint density at radius 2 is 1.85 bits per heavy atom. The molecule has 0 saturated carbocycles. The molecule has 0 fully saturated rings. The van der Waals surface area contributed by atoms with Gasteiger partial charge < -0.3 is 14.8 Å². The van der Waals surface area contributed by atoms with Gasteiger partial charge >= 0.3 is 5.97 Å². The predicted octanol–water partition coefficient (Wildman–Crippen LogP) is 3.52. The topological polar surface area (TPSA) is 64.6 Å². The molecule has 0 saturated heterocycles. The Morgan fingerprint density at radius 1 is 1.08 bits per heavy atom. The molecule has 0 spiro atoms. The smallest absolute Gasteiger partial charge is 0.337 e. The zero-order chi connectivity index (χ0) is 18.8. The van der Waals surface area contributed by atoms with E-state index in [1.807, 2.05) is 38.1 Å². The maximum absolute atomic E-state index is 12.8. The van der Waals surface area contributed by atoms with Crippen molar-refractivity contribution in [2.75, 3.05) is 14.2 Å². The van der Waals surface area contributed by atoms with Crippen LogP contribution in [0.4, 0.5) is 0 Å². The van der Waals surface area contributed by atoms with Crippen LogP contribution in [0.2, 0.25) is 0 Å². The number of amides is 1. The molecule has 1 aliphatic carbocycles. The zero-order valence-corrected chi connectivity index (χ0v) is 15.5. The first-order valence-corrected chi connectivity index (χ1v) is 8.61. The van der Waals surface area contributed by atoms with E-state index >= 15 is 0 Å². The molecule has 5 heteroatoms. The summed E-state index contributed by atoms with van der Waals surface area (Å²) in [5, 5.41) is 3.11. The van der Waals surface area contributed by atoms with Crippen molar-refractivity contribution >= 4 is 11.9 Å². The normalized spacial score (nSPS) is 15.3. The monoisotopic (exact) mass is 353 g/mol. The van der Waals surface area contributed by atoms with E-state index in [0.717, 1.165) is 40.8 Å². The Labute approximate surface area is 153 Å². The summed E-state index contributed by atoms with van der Waals surface area (Å²) >= 11 is 0. The van der Waals surface area contributed by atoms with Crippen LogP contribution in [0.5, 0.6) is 5.75 Å². The zero-order valence-electron chi connectivity index (χ0n) is 15.5. The molecule has 0 bridgehead atoms. The summed E-state index contributed by atoms with van der Waals surface area (Å²) in [6.45, 7) is 3.82. The third kappa shape index (κ3) is 3.29. The lowest BCUT2D eigenvalue weighted by Gasteiger charge is -2.17. The number of nitrogens with one attached hydrogen (secondary N) is 1. The molecule has 1 unspecified atom stereocenters. The van der Waals surface area contributed by atoms with Gasteiger partial charge in [-0.05, 0) is 73.2 Å². The first kappa shape index (κ1) is 18.0. The van der Waals surface area contributed by atoms with E-state index in [2.05, 4.69) is 5.32 Å². The van der Waals surface area contributed by atoms with Crippen LogP contribution in [0.1, 0.15) is 55.4 Å². The first-order chi connectivity index (χ1) is 12.4. The number of hydrogen-bond donors (Lipinski definition) is 1. The average Bonchev–Trinajstić information content (AvgIpc) is 3.04. The molecule has 0 heterocycles. The predicted molar refractivity (Wildman–Crippen MR) is 98.8 cm³/mol. The molecule has 0 aliphatic heterocycles. The molecular formula is C21H23NO4. The lowest BCUT2D eigenvalue weighted by molar-refractivity contribution is 0.0600. The number of methoxy groups -OCH3 is 2. The number of hydrogen-bond acceptors (Lipinski definition) is 4. The van der Waals surface area contributed by atoms with Gasteiger partial charge in [0.25, 0.3) is 5.91 Å². The number of benzene rings is 2. The molecule has 5 nitrogen and oxygen atoms in total. The lowest BCUT2D eigenvalue weighted by Crippen LogP contribution is -2.28. The van der Waals surface area contributed by atoms with Crippen LogP contribution < -0.4 is 10.1 Å². The van der Waals surface area contributed by atoms with Crippen molar-refractivity contribution in [3.8, 4) is 5.75 Å². The van der Waals surface area contributed by atoms with Gasteiger partial charge in [0.15, 0.2) is 0 Å². The minimum atomic E-state index is -0.369. The molecule has 1 atom stereocenters. The van der Waals surface area contributed by atoms with Crippen LogP contribution >= 0.6 is 0 Å². The Morgan fingerprint density at radius 3 is 2.54 bits per heavy atom. The summed E-state index contributed by atoms with van der Waals surface area (Å²) in [5.41, 5.74) is 5.08. The second kappa shape index (κ2) is 7.20. The van der Waals surface area contributed by atoms with Crippen LogP contribution in [0.15, 0.2) is 30.3 Å². The summed E-state index contributed by atoms with van der Waals surface area (Å²) in [6, 6.07) is 9.16. The first-order valence-electron chi connectivity index (χ1n) is 8.61. The summed E-state index contributed by atoms with van der Waals surface area (Å²) < 4.78 is 10.1. The maximum Gasteiger partial charge on any atom is 0.337 e. The van der Waals surface area contributed by atoms with Gasteiger partial charge in [0.05, 0.1) is 25.8 Å². The van der Waals surface area contributed by atoms with Crippen molar-refractivity contribution in [3.63, 3.8) is 0 Å². The fourth-order valence-electron chi connectivity index (χ4n) is 3.49.